The van der Waals surface area contributed by atoms with Gasteiger partial charge in [0.05, 0.1) is 6.04 Å². The normalized spacial score (nSPS) is 26.8. The minimum Gasteiger partial charge on any atom is -0.273 e. The van der Waals surface area contributed by atoms with E-state index in [4.69, 9.17) is 0 Å². The largest absolute Gasteiger partial charge is 0.273 e. The lowest BCUT2D eigenvalue weighted by Crippen LogP contribution is -2.35. The number of carbonyl (C=O) groups is 1. The van der Waals surface area contributed by atoms with Crippen molar-refractivity contribution in [1.82, 2.24) is 5.01 Å². The van der Waals surface area contributed by atoms with E-state index >= 15 is 0 Å². The van der Waals surface area contributed by atoms with Crippen LogP contribution < -0.4 is 0 Å². The van der Waals surface area contributed by atoms with Gasteiger partial charge in [0, 0.05) is 19.1 Å². The van der Waals surface area contributed by atoms with E-state index in [0.717, 1.165) is 19.3 Å². The molecule has 74 valence electrons. The summed E-state index contributed by atoms with van der Waals surface area (Å²) in [4.78, 5) is 11.2. The lowest BCUT2D eigenvalue weighted by molar-refractivity contribution is -0.131. The summed E-state index contributed by atoms with van der Waals surface area (Å²) in [5, 5.41) is 5.78. The predicted octanol–water partition coefficient (Wildman–Crippen LogP) is 2.03. The number of hydrogen-bond donors (Lipinski definition) is 0. The van der Waals surface area contributed by atoms with Crippen LogP contribution in [0.5, 0.6) is 0 Å². The summed E-state index contributed by atoms with van der Waals surface area (Å²) >= 11 is 0. The van der Waals surface area contributed by atoms with Crippen molar-refractivity contribution < 1.29 is 4.79 Å². The Labute approximate surface area is 79.8 Å². The Hall–Kier alpha value is -0.860. The zero-order valence-electron chi connectivity index (χ0n) is 8.66. The fourth-order valence-electron chi connectivity index (χ4n) is 1.85. The van der Waals surface area contributed by atoms with Gasteiger partial charge in [0.2, 0.25) is 5.91 Å². The van der Waals surface area contributed by atoms with Crippen LogP contribution in [0.15, 0.2) is 5.10 Å². The molecule has 0 saturated heterocycles. The number of hydrazone groups is 1. The highest BCUT2D eigenvalue weighted by Gasteiger charge is 2.30. The second-order valence-electron chi connectivity index (χ2n) is 3.56. The third-order valence-electron chi connectivity index (χ3n) is 2.57. The van der Waals surface area contributed by atoms with Gasteiger partial charge in [0.15, 0.2) is 0 Å². The van der Waals surface area contributed by atoms with E-state index in [2.05, 4.69) is 18.9 Å². The second kappa shape index (κ2) is 4.40. The first-order chi connectivity index (χ1) is 6.20. The van der Waals surface area contributed by atoms with Crippen molar-refractivity contribution in [2.24, 2.45) is 11.0 Å². The summed E-state index contributed by atoms with van der Waals surface area (Å²) in [6, 6.07) is 0.312. The number of carbonyl (C=O) groups excluding carboxylic acids is 1. The minimum atomic E-state index is 0.0608. The van der Waals surface area contributed by atoms with Gasteiger partial charge in [-0.15, -0.1) is 0 Å². The molecular weight excluding hydrogens is 164 g/mol. The zero-order valence-corrected chi connectivity index (χ0v) is 8.66. The van der Waals surface area contributed by atoms with E-state index in [9.17, 15) is 4.79 Å². The maximum Gasteiger partial charge on any atom is 0.239 e. The fourth-order valence-corrected chi connectivity index (χ4v) is 1.85. The van der Waals surface area contributed by atoms with Crippen molar-refractivity contribution in [1.29, 1.82) is 0 Å². The number of amides is 1. The molecule has 0 saturated carbocycles. The summed E-state index contributed by atoms with van der Waals surface area (Å²) in [5.74, 6) is 0.523. The number of hydrogen-bond acceptors (Lipinski definition) is 2. The molecule has 0 spiro atoms. The van der Waals surface area contributed by atoms with Crippen molar-refractivity contribution in [2.45, 2.75) is 46.1 Å². The van der Waals surface area contributed by atoms with Gasteiger partial charge in [-0.05, 0) is 12.8 Å². The Bertz CT molecular complexity index is 213. The average Bonchev–Trinajstić information content (AvgIpc) is 2.48. The van der Waals surface area contributed by atoms with Crippen molar-refractivity contribution in [3.8, 4) is 0 Å². The highest BCUT2D eigenvalue weighted by molar-refractivity contribution is 5.78. The van der Waals surface area contributed by atoms with Crippen LogP contribution >= 0.6 is 0 Å². The molecule has 0 radical (unpaired) electrons. The SMILES string of the molecule is CCC[C@H]1[C@H](CC)C=NN1C(C)=O. The van der Waals surface area contributed by atoms with Crippen molar-refractivity contribution >= 4 is 12.1 Å². The van der Waals surface area contributed by atoms with Gasteiger partial charge in [-0.1, -0.05) is 20.3 Å². The lowest BCUT2D eigenvalue weighted by Gasteiger charge is -2.24. The third kappa shape index (κ3) is 2.08. The highest BCUT2D eigenvalue weighted by Crippen LogP contribution is 2.24. The van der Waals surface area contributed by atoms with Crippen molar-refractivity contribution in [3.63, 3.8) is 0 Å². The molecule has 0 aromatic rings. The molecule has 2 atom stereocenters. The molecule has 0 N–H and O–H groups in total. The molecule has 0 fully saturated rings. The molecule has 1 aliphatic heterocycles. The summed E-state index contributed by atoms with van der Waals surface area (Å²) in [5.41, 5.74) is 0. The topological polar surface area (TPSA) is 32.7 Å². The molecule has 0 aromatic heterocycles. The Morgan fingerprint density at radius 1 is 1.54 bits per heavy atom. The molecule has 3 heteroatoms. The second-order valence-corrected chi connectivity index (χ2v) is 3.56. The van der Waals surface area contributed by atoms with Gasteiger partial charge in [-0.25, -0.2) is 5.01 Å². The number of nitrogens with zero attached hydrogens (tertiary/aromatic N) is 2. The van der Waals surface area contributed by atoms with E-state index in [-0.39, 0.29) is 5.91 Å². The average molecular weight is 182 g/mol. The molecule has 3 nitrogen and oxygen atoms in total. The van der Waals surface area contributed by atoms with E-state index in [1.54, 1.807) is 11.9 Å². The molecule has 1 heterocycles. The Morgan fingerprint density at radius 2 is 2.23 bits per heavy atom. The van der Waals surface area contributed by atoms with Crippen LogP contribution in [0.25, 0.3) is 0 Å². The number of rotatable bonds is 3. The smallest absolute Gasteiger partial charge is 0.239 e. The molecule has 0 bridgehead atoms. The third-order valence-corrected chi connectivity index (χ3v) is 2.57. The molecule has 0 aliphatic carbocycles. The maximum absolute atomic E-state index is 11.2. The van der Waals surface area contributed by atoms with Crippen LogP contribution in [0.4, 0.5) is 0 Å². The van der Waals surface area contributed by atoms with Crippen LogP contribution in [0.1, 0.15) is 40.0 Å². The summed E-state index contributed by atoms with van der Waals surface area (Å²) in [6.07, 6.45) is 5.14. The first-order valence-corrected chi connectivity index (χ1v) is 5.04. The Kier molecular flexibility index (Phi) is 3.46. The van der Waals surface area contributed by atoms with Crippen LogP contribution in [0, 0.1) is 5.92 Å². The first-order valence-electron chi connectivity index (χ1n) is 5.04. The summed E-state index contributed by atoms with van der Waals surface area (Å²) in [6.45, 7) is 5.87. The molecule has 0 aromatic carbocycles. The van der Waals surface area contributed by atoms with Gasteiger partial charge in [0.1, 0.15) is 0 Å². The van der Waals surface area contributed by atoms with Gasteiger partial charge in [0.25, 0.3) is 0 Å². The van der Waals surface area contributed by atoms with Gasteiger partial charge in [-0.2, -0.15) is 5.10 Å². The van der Waals surface area contributed by atoms with E-state index < -0.39 is 0 Å². The standard InChI is InChI=1S/C10H18N2O/c1-4-6-10-9(5-2)7-11-12(10)8(3)13/h7,9-10H,4-6H2,1-3H3/t9-,10+/m1/s1. The fraction of sp³-hybridized carbons (Fsp3) is 0.800. The van der Waals surface area contributed by atoms with E-state index in [0.29, 0.717) is 12.0 Å². The summed E-state index contributed by atoms with van der Waals surface area (Å²) in [7, 11) is 0. The summed E-state index contributed by atoms with van der Waals surface area (Å²) < 4.78 is 0. The molecule has 1 rings (SSSR count). The molecule has 1 amide bonds. The van der Waals surface area contributed by atoms with E-state index in [1.165, 1.54) is 0 Å². The van der Waals surface area contributed by atoms with Crippen LogP contribution in [-0.2, 0) is 4.79 Å². The lowest BCUT2D eigenvalue weighted by atomic mass is 9.95. The Morgan fingerprint density at radius 3 is 2.69 bits per heavy atom. The molecular formula is C10H18N2O. The predicted molar refractivity (Wildman–Crippen MR) is 53.5 cm³/mol. The Balaban J connectivity index is 2.66. The van der Waals surface area contributed by atoms with Crippen molar-refractivity contribution in [3.05, 3.63) is 0 Å². The van der Waals surface area contributed by atoms with Gasteiger partial charge in [-0.3, -0.25) is 4.79 Å². The van der Waals surface area contributed by atoms with Crippen LogP contribution in [-0.4, -0.2) is 23.2 Å². The van der Waals surface area contributed by atoms with Crippen LogP contribution in [0.2, 0.25) is 0 Å². The van der Waals surface area contributed by atoms with Crippen molar-refractivity contribution in [2.75, 3.05) is 0 Å². The van der Waals surface area contributed by atoms with Gasteiger partial charge < -0.3 is 0 Å². The monoisotopic (exact) mass is 182 g/mol. The molecule has 0 unspecified atom stereocenters. The molecule has 1 aliphatic rings. The van der Waals surface area contributed by atoms with Crippen LogP contribution in [0.3, 0.4) is 0 Å². The van der Waals surface area contributed by atoms with Gasteiger partial charge >= 0.3 is 0 Å². The highest BCUT2D eigenvalue weighted by atomic mass is 16.2. The maximum atomic E-state index is 11.2. The quantitative estimate of drug-likeness (QED) is 0.657. The van der Waals surface area contributed by atoms with E-state index in [1.807, 2.05) is 6.21 Å². The first kappa shape index (κ1) is 10.2. The zero-order chi connectivity index (χ0) is 9.84. The molecule has 13 heavy (non-hydrogen) atoms. The minimum absolute atomic E-state index is 0.0608.